The first-order valence-corrected chi connectivity index (χ1v) is 8.17. The van der Waals surface area contributed by atoms with Gasteiger partial charge in [0.1, 0.15) is 6.54 Å². The fraction of sp³-hybridized carbons (Fsp3) is 0.467. The van der Waals surface area contributed by atoms with Crippen molar-refractivity contribution in [2.45, 2.75) is 25.3 Å². The highest BCUT2D eigenvalue weighted by atomic mass is 32.1. The fourth-order valence-corrected chi connectivity index (χ4v) is 3.88. The number of carbonyl (C=O) groups is 4. The molecule has 1 atom stereocenters. The molecular weight excluding hydrogens is 320 g/mol. The summed E-state index contributed by atoms with van der Waals surface area (Å²) in [4.78, 5) is 51.5. The Morgan fingerprint density at radius 3 is 2.61 bits per heavy atom. The number of esters is 1. The molecule has 3 rings (SSSR count). The van der Waals surface area contributed by atoms with Gasteiger partial charge in [0.2, 0.25) is 17.7 Å². The number of hydrogen-bond donors (Lipinski definition) is 0. The quantitative estimate of drug-likeness (QED) is 0.593. The minimum atomic E-state index is -0.810. The molecular formula is C15H16N2O5S. The van der Waals surface area contributed by atoms with Crippen molar-refractivity contribution in [3.8, 4) is 0 Å². The third-order valence-corrected chi connectivity index (χ3v) is 5.16. The lowest BCUT2D eigenvalue weighted by molar-refractivity contribution is -0.155. The maximum atomic E-state index is 12.6. The zero-order chi connectivity index (χ0) is 16.6. The molecule has 0 radical (unpaired) electrons. The molecule has 3 heterocycles. The van der Waals surface area contributed by atoms with Crippen LogP contribution in [-0.4, -0.2) is 53.7 Å². The molecule has 0 N–H and O–H groups in total. The van der Waals surface area contributed by atoms with Crippen LogP contribution in [0.2, 0.25) is 0 Å². The molecule has 0 aromatic carbocycles. The number of amides is 3. The molecule has 1 fully saturated rings. The number of methoxy groups -OCH3 is 1. The van der Waals surface area contributed by atoms with E-state index < -0.39 is 17.9 Å². The smallest absolute Gasteiger partial charge is 0.333 e. The van der Waals surface area contributed by atoms with Crippen LogP contribution in [0.15, 0.2) is 11.4 Å². The van der Waals surface area contributed by atoms with Gasteiger partial charge in [-0.3, -0.25) is 19.3 Å². The number of rotatable bonds is 3. The van der Waals surface area contributed by atoms with E-state index in [0.29, 0.717) is 13.0 Å². The Morgan fingerprint density at radius 2 is 1.96 bits per heavy atom. The van der Waals surface area contributed by atoms with Gasteiger partial charge in [0.05, 0.1) is 7.11 Å². The van der Waals surface area contributed by atoms with Gasteiger partial charge in [0.15, 0.2) is 6.04 Å². The molecule has 0 spiro atoms. The highest BCUT2D eigenvalue weighted by molar-refractivity contribution is 7.10. The first-order valence-electron chi connectivity index (χ1n) is 7.29. The molecule has 1 aromatic heterocycles. The molecule has 2 aliphatic heterocycles. The summed E-state index contributed by atoms with van der Waals surface area (Å²) in [6.45, 7) is 0.0486. The average molecular weight is 336 g/mol. The van der Waals surface area contributed by atoms with Crippen LogP contribution in [0.3, 0.4) is 0 Å². The summed E-state index contributed by atoms with van der Waals surface area (Å²) >= 11 is 1.54. The summed E-state index contributed by atoms with van der Waals surface area (Å²) in [6, 6.07) is 1.00. The Kier molecular flexibility index (Phi) is 4.16. The van der Waals surface area contributed by atoms with Crippen molar-refractivity contribution in [2.75, 3.05) is 20.2 Å². The van der Waals surface area contributed by atoms with Gasteiger partial charge in [-0.2, -0.15) is 0 Å². The summed E-state index contributed by atoms with van der Waals surface area (Å²) in [7, 11) is 1.28. The van der Waals surface area contributed by atoms with E-state index in [1.807, 2.05) is 11.4 Å². The Labute approximate surface area is 136 Å². The van der Waals surface area contributed by atoms with E-state index in [1.54, 1.807) is 11.3 Å². The second-order valence-corrected chi connectivity index (χ2v) is 6.44. The maximum Gasteiger partial charge on any atom is 0.333 e. The maximum absolute atomic E-state index is 12.6. The van der Waals surface area contributed by atoms with Gasteiger partial charge in [-0.05, 0) is 23.4 Å². The van der Waals surface area contributed by atoms with Crippen molar-refractivity contribution < 1.29 is 23.9 Å². The monoisotopic (exact) mass is 336 g/mol. The van der Waals surface area contributed by atoms with Crippen LogP contribution in [0.5, 0.6) is 0 Å². The van der Waals surface area contributed by atoms with Crippen LogP contribution in [0.1, 0.15) is 29.3 Å². The van der Waals surface area contributed by atoms with E-state index in [-0.39, 0.29) is 31.2 Å². The molecule has 23 heavy (non-hydrogen) atoms. The van der Waals surface area contributed by atoms with Crippen molar-refractivity contribution in [3.05, 3.63) is 21.9 Å². The Morgan fingerprint density at radius 1 is 1.26 bits per heavy atom. The Hall–Kier alpha value is -2.22. The van der Waals surface area contributed by atoms with Crippen molar-refractivity contribution in [3.63, 3.8) is 0 Å². The van der Waals surface area contributed by atoms with Crippen LogP contribution in [0.4, 0.5) is 0 Å². The van der Waals surface area contributed by atoms with Gasteiger partial charge >= 0.3 is 5.97 Å². The van der Waals surface area contributed by atoms with Gasteiger partial charge in [0.25, 0.3) is 0 Å². The van der Waals surface area contributed by atoms with Crippen molar-refractivity contribution in [1.82, 2.24) is 9.80 Å². The largest absolute Gasteiger partial charge is 0.467 e. The predicted molar refractivity (Wildman–Crippen MR) is 80.4 cm³/mol. The SMILES string of the molecule is COC(=O)C1c2ccsc2CCN1C(=O)CN1C(=O)CCC1=O. The lowest BCUT2D eigenvalue weighted by Gasteiger charge is -2.34. The highest BCUT2D eigenvalue weighted by Gasteiger charge is 2.39. The summed E-state index contributed by atoms with van der Waals surface area (Å²) < 4.78 is 4.83. The van der Waals surface area contributed by atoms with Crippen LogP contribution in [0, 0.1) is 0 Å². The number of likely N-dealkylation sites (tertiary alicyclic amines) is 1. The zero-order valence-corrected chi connectivity index (χ0v) is 13.4. The van der Waals surface area contributed by atoms with Crippen molar-refractivity contribution in [1.29, 1.82) is 0 Å². The second-order valence-electron chi connectivity index (χ2n) is 5.44. The minimum absolute atomic E-state index is 0.140. The summed E-state index contributed by atoms with van der Waals surface area (Å²) in [6.07, 6.45) is 0.927. The van der Waals surface area contributed by atoms with Crippen LogP contribution in [-0.2, 0) is 30.3 Å². The standard InChI is InChI=1S/C15H16N2O5S/c1-22-15(21)14-9-5-7-23-10(9)4-6-16(14)13(20)8-17-11(18)2-3-12(17)19/h5,7,14H,2-4,6,8H2,1H3. The normalized spacial score (nSPS) is 20.7. The number of ether oxygens (including phenoxy) is 1. The first-order chi connectivity index (χ1) is 11.0. The van der Waals surface area contributed by atoms with Gasteiger partial charge < -0.3 is 9.64 Å². The molecule has 7 nitrogen and oxygen atoms in total. The average Bonchev–Trinajstić information content (AvgIpc) is 3.14. The molecule has 0 bridgehead atoms. The first kappa shape index (κ1) is 15.7. The number of thiophene rings is 1. The molecule has 8 heteroatoms. The third-order valence-electron chi connectivity index (χ3n) is 4.16. The lowest BCUT2D eigenvalue weighted by Crippen LogP contribution is -2.48. The third kappa shape index (κ3) is 2.74. The fourth-order valence-electron chi connectivity index (χ4n) is 2.98. The second kappa shape index (κ2) is 6.11. The van der Waals surface area contributed by atoms with E-state index in [1.165, 1.54) is 12.0 Å². The highest BCUT2D eigenvalue weighted by Crippen LogP contribution is 2.34. The van der Waals surface area contributed by atoms with E-state index in [9.17, 15) is 19.2 Å². The van der Waals surface area contributed by atoms with Gasteiger partial charge in [-0.15, -0.1) is 11.3 Å². The molecule has 3 amide bonds. The molecule has 1 unspecified atom stereocenters. The van der Waals surface area contributed by atoms with E-state index in [2.05, 4.69) is 0 Å². The van der Waals surface area contributed by atoms with E-state index in [4.69, 9.17) is 4.74 Å². The van der Waals surface area contributed by atoms with Crippen molar-refractivity contribution in [2.24, 2.45) is 0 Å². The molecule has 1 saturated heterocycles. The molecule has 2 aliphatic rings. The predicted octanol–water partition coefficient (Wildman–Crippen LogP) is 0.496. The molecule has 122 valence electrons. The van der Waals surface area contributed by atoms with Crippen molar-refractivity contribution >= 4 is 35.0 Å². The van der Waals surface area contributed by atoms with Gasteiger partial charge in [-0.25, -0.2) is 4.79 Å². The molecule has 0 saturated carbocycles. The number of hydrogen-bond acceptors (Lipinski definition) is 6. The number of nitrogens with zero attached hydrogens (tertiary/aromatic N) is 2. The Bertz CT molecular complexity index is 667. The van der Waals surface area contributed by atoms with E-state index >= 15 is 0 Å². The number of imide groups is 1. The minimum Gasteiger partial charge on any atom is -0.467 e. The number of fused-ring (bicyclic) bond motifs is 1. The van der Waals surface area contributed by atoms with Crippen LogP contribution >= 0.6 is 11.3 Å². The van der Waals surface area contributed by atoms with Crippen LogP contribution < -0.4 is 0 Å². The lowest BCUT2D eigenvalue weighted by atomic mass is 10.00. The van der Waals surface area contributed by atoms with Crippen LogP contribution in [0.25, 0.3) is 0 Å². The topological polar surface area (TPSA) is 84.0 Å². The summed E-state index contributed by atoms with van der Waals surface area (Å²) in [5.74, 6) is -1.62. The summed E-state index contributed by atoms with van der Waals surface area (Å²) in [5.41, 5.74) is 0.764. The zero-order valence-electron chi connectivity index (χ0n) is 12.6. The van der Waals surface area contributed by atoms with E-state index in [0.717, 1.165) is 15.3 Å². The van der Waals surface area contributed by atoms with Gasteiger partial charge in [-0.1, -0.05) is 0 Å². The molecule has 1 aromatic rings. The summed E-state index contributed by atoms with van der Waals surface area (Å²) in [5, 5.41) is 1.88. The number of carbonyl (C=O) groups excluding carboxylic acids is 4. The Balaban J connectivity index is 1.83. The molecule has 0 aliphatic carbocycles. The van der Waals surface area contributed by atoms with Gasteiger partial charge in [0, 0.05) is 24.3 Å².